The van der Waals surface area contributed by atoms with Gasteiger partial charge in [0.05, 0.1) is 11.0 Å². The Kier molecular flexibility index (Phi) is 8.53. The molecule has 12 rings (SSSR count). The average Bonchev–Trinajstić information content (AvgIpc) is 3.70. The first-order chi connectivity index (χ1) is 30.7. The molecule has 0 aliphatic rings. The smallest absolute Gasteiger partial charge is 0.0625 e. The topological polar surface area (TPSA) is 8.17 Å². The first kappa shape index (κ1) is 35.7. The summed E-state index contributed by atoms with van der Waals surface area (Å²) in [6.07, 6.45) is 0. The number of rotatable bonds is 7. The SMILES string of the molecule is c1ccc(-c2cccc(N(c3ccc(-c4ccc5c(ccc6ccccc65)c4)cc3)c3cccc(-c4cc5ccccc5c5c4c4ccccc4n5-c4ccccc4)c3)c2)cc1. The summed E-state index contributed by atoms with van der Waals surface area (Å²) < 4.78 is 2.45. The Morgan fingerprint density at radius 1 is 0.290 bits per heavy atom. The van der Waals surface area contributed by atoms with Crippen LogP contribution in [0.2, 0.25) is 0 Å². The fourth-order valence-electron chi connectivity index (χ4n) is 9.62. The van der Waals surface area contributed by atoms with Gasteiger partial charge in [0.15, 0.2) is 0 Å². The summed E-state index contributed by atoms with van der Waals surface area (Å²) >= 11 is 0. The highest BCUT2D eigenvalue weighted by Gasteiger charge is 2.21. The molecule has 2 nitrogen and oxygen atoms in total. The zero-order chi connectivity index (χ0) is 41.0. The molecule has 0 N–H and O–H groups in total. The molecular formula is C60H40N2. The predicted octanol–water partition coefficient (Wildman–Crippen LogP) is 16.7. The Bertz CT molecular complexity index is 3620. The predicted molar refractivity (Wildman–Crippen MR) is 264 cm³/mol. The molecule has 62 heavy (non-hydrogen) atoms. The minimum absolute atomic E-state index is 1.09. The Labute approximate surface area is 360 Å². The van der Waals surface area contributed by atoms with E-state index < -0.39 is 0 Å². The van der Waals surface area contributed by atoms with Gasteiger partial charge in [0.2, 0.25) is 0 Å². The van der Waals surface area contributed by atoms with Gasteiger partial charge < -0.3 is 9.47 Å². The van der Waals surface area contributed by atoms with Gasteiger partial charge in [-0.25, -0.2) is 0 Å². The second kappa shape index (κ2) is 14.8. The molecule has 1 heterocycles. The van der Waals surface area contributed by atoms with Crippen molar-refractivity contribution in [2.24, 2.45) is 0 Å². The van der Waals surface area contributed by atoms with E-state index in [4.69, 9.17) is 0 Å². The van der Waals surface area contributed by atoms with Gasteiger partial charge in [-0.2, -0.15) is 0 Å². The van der Waals surface area contributed by atoms with Crippen molar-refractivity contribution in [2.75, 3.05) is 4.90 Å². The monoisotopic (exact) mass is 788 g/mol. The second-order valence-electron chi connectivity index (χ2n) is 16.1. The molecule has 0 unspecified atom stereocenters. The van der Waals surface area contributed by atoms with Crippen LogP contribution in [0.15, 0.2) is 243 Å². The van der Waals surface area contributed by atoms with E-state index in [1.54, 1.807) is 0 Å². The number of para-hydroxylation sites is 2. The van der Waals surface area contributed by atoms with Gasteiger partial charge in [-0.1, -0.05) is 176 Å². The molecule has 0 saturated heterocycles. The molecule has 0 bridgehead atoms. The Morgan fingerprint density at radius 2 is 0.823 bits per heavy atom. The number of hydrogen-bond donors (Lipinski definition) is 0. The van der Waals surface area contributed by atoms with Crippen LogP contribution in [0.25, 0.3) is 93.2 Å². The van der Waals surface area contributed by atoms with Crippen LogP contribution in [0, 0.1) is 0 Å². The van der Waals surface area contributed by atoms with Gasteiger partial charge in [0.25, 0.3) is 0 Å². The van der Waals surface area contributed by atoms with Crippen molar-refractivity contribution >= 4 is 71.2 Å². The number of aromatic nitrogens is 1. The van der Waals surface area contributed by atoms with Crippen LogP contribution in [-0.4, -0.2) is 4.57 Å². The van der Waals surface area contributed by atoms with Crippen molar-refractivity contribution in [2.45, 2.75) is 0 Å². The number of anilines is 3. The van der Waals surface area contributed by atoms with E-state index >= 15 is 0 Å². The quantitative estimate of drug-likeness (QED) is 0.146. The lowest BCUT2D eigenvalue weighted by atomic mass is 9.94. The van der Waals surface area contributed by atoms with E-state index in [2.05, 4.69) is 252 Å². The minimum Gasteiger partial charge on any atom is -0.310 e. The van der Waals surface area contributed by atoms with E-state index in [0.29, 0.717) is 0 Å². The minimum atomic E-state index is 1.09. The molecule has 0 aliphatic heterocycles. The van der Waals surface area contributed by atoms with Crippen molar-refractivity contribution in [3.8, 4) is 39.1 Å². The van der Waals surface area contributed by atoms with E-state index in [0.717, 1.165) is 22.7 Å². The molecular weight excluding hydrogens is 749 g/mol. The van der Waals surface area contributed by atoms with Crippen molar-refractivity contribution in [1.29, 1.82) is 0 Å². The summed E-state index contributed by atoms with van der Waals surface area (Å²) in [5, 5.41) is 10.0. The molecule has 0 fully saturated rings. The molecule has 1 aromatic heterocycles. The third kappa shape index (κ3) is 6.04. The molecule has 0 amide bonds. The van der Waals surface area contributed by atoms with Crippen LogP contribution in [0.4, 0.5) is 17.1 Å². The number of fused-ring (bicyclic) bond motifs is 8. The number of nitrogens with zero attached hydrogens (tertiary/aromatic N) is 2. The second-order valence-corrected chi connectivity index (χ2v) is 16.1. The van der Waals surface area contributed by atoms with Crippen LogP contribution < -0.4 is 4.90 Å². The maximum absolute atomic E-state index is 2.45. The summed E-state index contributed by atoms with van der Waals surface area (Å²) in [4.78, 5) is 2.40. The molecule has 2 heteroatoms. The maximum atomic E-state index is 2.45. The van der Waals surface area contributed by atoms with Gasteiger partial charge in [0, 0.05) is 38.9 Å². The van der Waals surface area contributed by atoms with Gasteiger partial charge >= 0.3 is 0 Å². The molecule has 0 aliphatic carbocycles. The lowest BCUT2D eigenvalue weighted by Crippen LogP contribution is -2.10. The third-order valence-corrected chi connectivity index (χ3v) is 12.5. The van der Waals surface area contributed by atoms with Crippen molar-refractivity contribution in [3.05, 3.63) is 243 Å². The van der Waals surface area contributed by atoms with Crippen LogP contribution in [0.1, 0.15) is 0 Å². The van der Waals surface area contributed by atoms with Gasteiger partial charge in [0.1, 0.15) is 0 Å². The molecule has 0 saturated carbocycles. The van der Waals surface area contributed by atoms with Crippen molar-refractivity contribution in [3.63, 3.8) is 0 Å². The zero-order valence-electron chi connectivity index (χ0n) is 34.0. The van der Waals surface area contributed by atoms with Gasteiger partial charge in [-0.3, -0.25) is 0 Å². The fraction of sp³-hybridized carbons (Fsp3) is 0. The first-order valence-electron chi connectivity index (χ1n) is 21.3. The van der Waals surface area contributed by atoms with E-state index in [-0.39, 0.29) is 0 Å². The molecule has 290 valence electrons. The normalized spacial score (nSPS) is 11.5. The first-order valence-corrected chi connectivity index (χ1v) is 21.3. The zero-order valence-corrected chi connectivity index (χ0v) is 34.0. The van der Waals surface area contributed by atoms with Crippen LogP contribution in [0.5, 0.6) is 0 Å². The highest BCUT2D eigenvalue weighted by atomic mass is 15.1. The molecule has 12 aromatic rings. The summed E-state index contributed by atoms with van der Waals surface area (Å²) in [5.41, 5.74) is 14.0. The number of benzene rings is 11. The van der Waals surface area contributed by atoms with Crippen LogP contribution >= 0.6 is 0 Å². The molecule has 0 radical (unpaired) electrons. The fourth-order valence-corrected chi connectivity index (χ4v) is 9.62. The maximum Gasteiger partial charge on any atom is 0.0625 e. The molecule has 0 spiro atoms. The summed E-state index contributed by atoms with van der Waals surface area (Å²) in [7, 11) is 0. The Hall–Kier alpha value is -8.20. The lowest BCUT2D eigenvalue weighted by molar-refractivity contribution is 1.19. The Balaban J connectivity index is 1.03. The molecule has 0 atom stereocenters. The average molecular weight is 789 g/mol. The highest BCUT2D eigenvalue weighted by molar-refractivity contribution is 6.24. The van der Waals surface area contributed by atoms with Crippen molar-refractivity contribution < 1.29 is 0 Å². The van der Waals surface area contributed by atoms with Crippen LogP contribution in [-0.2, 0) is 0 Å². The molecule has 11 aromatic carbocycles. The Morgan fingerprint density at radius 3 is 1.61 bits per heavy atom. The van der Waals surface area contributed by atoms with E-state index in [9.17, 15) is 0 Å². The van der Waals surface area contributed by atoms with E-state index in [1.165, 1.54) is 87.5 Å². The lowest BCUT2D eigenvalue weighted by Gasteiger charge is -2.27. The summed E-state index contributed by atoms with van der Waals surface area (Å²) in [5.74, 6) is 0. The largest absolute Gasteiger partial charge is 0.310 e. The third-order valence-electron chi connectivity index (χ3n) is 12.5. The number of hydrogen-bond acceptors (Lipinski definition) is 1. The van der Waals surface area contributed by atoms with Gasteiger partial charge in [-0.05, 0) is 127 Å². The van der Waals surface area contributed by atoms with E-state index in [1.807, 2.05) is 0 Å². The van der Waals surface area contributed by atoms with Gasteiger partial charge in [-0.15, -0.1) is 0 Å². The summed E-state index contributed by atoms with van der Waals surface area (Å²) in [6.45, 7) is 0. The summed E-state index contributed by atoms with van der Waals surface area (Å²) in [6, 6.07) is 88.5. The highest BCUT2D eigenvalue weighted by Crippen LogP contribution is 2.45. The van der Waals surface area contributed by atoms with Crippen LogP contribution in [0.3, 0.4) is 0 Å². The van der Waals surface area contributed by atoms with Crippen molar-refractivity contribution in [1.82, 2.24) is 4.57 Å². The standard InChI is InChI=1S/C60H40N2/c1-3-15-41(16-4-1)44-19-13-23-51(38-44)61(50-34-31-42(32-35-50)45-33-36-54-48(37-45)30-29-43-17-7-9-25-53(43)54)52-24-14-20-46(39-52)57-40-47-18-8-10-26-55(47)60-59(57)56-27-11-12-28-58(56)62(60)49-21-5-2-6-22-49/h1-40H.